The molecular formula is C25H28ClFN6O. The molecule has 9 heteroatoms. The molecule has 0 bridgehead atoms. The number of hydrogen-bond donors (Lipinski definition) is 1. The third-order valence-corrected chi connectivity index (χ3v) is 6.62. The van der Waals surface area contributed by atoms with Crippen molar-refractivity contribution in [2.75, 3.05) is 44.6 Å². The fourth-order valence-corrected chi connectivity index (χ4v) is 4.56. The zero-order valence-corrected chi connectivity index (χ0v) is 20.4. The molecule has 0 saturated carbocycles. The van der Waals surface area contributed by atoms with Gasteiger partial charge in [-0.3, -0.25) is 9.80 Å². The molecule has 0 unspecified atom stereocenters. The number of ether oxygens (including phenoxy) is 1. The average Bonchev–Trinajstić information content (AvgIpc) is 2.82. The fourth-order valence-electron chi connectivity index (χ4n) is 4.38. The van der Waals surface area contributed by atoms with Crippen LogP contribution in [-0.2, 0) is 5.54 Å². The van der Waals surface area contributed by atoms with Crippen molar-refractivity contribution in [2.24, 2.45) is 0 Å². The molecule has 0 radical (unpaired) electrons. The van der Waals surface area contributed by atoms with Crippen molar-refractivity contribution in [1.29, 1.82) is 5.26 Å². The fraction of sp³-hybridized carbons (Fsp3) is 0.400. The lowest BCUT2D eigenvalue weighted by Crippen LogP contribution is -2.53. The Bertz CT molecular complexity index is 1220. The van der Waals surface area contributed by atoms with Gasteiger partial charge in [-0.25, -0.2) is 14.4 Å². The first-order valence-electron chi connectivity index (χ1n) is 11.3. The Hall–Kier alpha value is -2.99. The van der Waals surface area contributed by atoms with E-state index in [1.165, 1.54) is 18.5 Å². The van der Waals surface area contributed by atoms with Crippen LogP contribution in [0.3, 0.4) is 0 Å². The van der Waals surface area contributed by atoms with E-state index in [0.717, 1.165) is 48.4 Å². The van der Waals surface area contributed by atoms with E-state index in [-0.39, 0.29) is 10.6 Å². The van der Waals surface area contributed by atoms with Crippen molar-refractivity contribution >= 4 is 34.0 Å². The van der Waals surface area contributed by atoms with Gasteiger partial charge in [-0.15, -0.1) is 0 Å². The van der Waals surface area contributed by atoms with Crippen LogP contribution in [0.1, 0.15) is 26.3 Å². The lowest BCUT2D eigenvalue weighted by Gasteiger charge is -2.44. The van der Waals surface area contributed by atoms with Crippen LogP contribution in [-0.4, -0.2) is 59.1 Å². The maximum Gasteiger partial charge on any atom is 0.141 e. The SMILES string of the molecule is CCOc1cc2ncnc(Nc3ccc(F)c(Cl)c3)c2cc1C(C)(C)N1CCN(CC#N)CC1. The number of aromatic nitrogens is 2. The highest BCUT2D eigenvalue weighted by Crippen LogP contribution is 2.39. The predicted octanol–water partition coefficient (Wildman–Crippen LogP) is 4.94. The van der Waals surface area contributed by atoms with Gasteiger partial charge in [0.1, 0.15) is 23.7 Å². The van der Waals surface area contributed by atoms with Crippen molar-refractivity contribution in [3.05, 3.63) is 53.1 Å². The average molecular weight is 483 g/mol. The summed E-state index contributed by atoms with van der Waals surface area (Å²) in [5.74, 6) is 0.917. The highest BCUT2D eigenvalue weighted by atomic mass is 35.5. The quantitative estimate of drug-likeness (QED) is 0.478. The van der Waals surface area contributed by atoms with Crippen molar-refractivity contribution in [2.45, 2.75) is 26.3 Å². The molecule has 1 aliphatic rings. The number of benzene rings is 2. The van der Waals surface area contributed by atoms with Gasteiger partial charge in [0.15, 0.2) is 0 Å². The third-order valence-electron chi connectivity index (χ3n) is 6.34. The lowest BCUT2D eigenvalue weighted by atomic mass is 9.89. The number of nitrogens with zero attached hydrogens (tertiary/aromatic N) is 5. The van der Waals surface area contributed by atoms with Gasteiger partial charge in [0.05, 0.1) is 29.8 Å². The Balaban J connectivity index is 1.73. The van der Waals surface area contributed by atoms with Crippen molar-refractivity contribution in [3.8, 4) is 11.8 Å². The zero-order valence-electron chi connectivity index (χ0n) is 19.6. The van der Waals surface area contributed by atoms with E-state index in [9.17, 15) is 4.39 Å². The Morgan fingerprint density at radius 1 is 1.18 bits per heavy atom. The van der Waals surface area contributed by atoms with E-state index in [1.54, 1.807) is 6.07 Å². The lowest BCUT2D eigenvalue weighted by molar-refractivity contribution is 0.0540. The molecular weight excluding hydrogens is 455 g/mol. The molecule has 0 atom stereocenters. The molecule has 178 valence electrons. The van der Waals surface area contributed by atoms with Gasteiger partial charge in [0.25, 0.3) is 0 Å². The summed E-state index contributed by atoms with van der Waals surface area (Å²) in [5.41, 5.74) is 2.08. The first kappa shape index (κ1) is 24.1. The summed E-state index contributed by atoms with van der Waals surface area (Å²) in [5, 5.41) is 13.1. The monoisotopic (exact) mass is 482 g/mol. The van der Waals surface area contributed by atoms with E-state index < -0.39 is 5.82 Å². The van der Waals surface area contributed by atoms with Crippen molar-refractivity contribution < 1.29 is 9.13 Å². The predicted molar refractivity (Wildman–Crippen MR) is 132 cm³/mol. The van der Waals surface area contributed by atoms with Crippen LogP contribution in [0.4, 0.5) is 15.9 Å². The van der Waals surface area contributed by atoms with Crippen LogP contribution in [0.15, 0.2) is 36.7 Å². The molecule has 1 saturated heterocycles. The van der Waals surface area contributed by atoms with E-state index in [1.807, 2.05) is 13.0 Å². The molecule has 1 N–H and O–H groups in total. The van der Waals surface area contributed by atoms with Gasteiger partial charge in [-0.1, -0.05) is 11.6 Å². The summed E-state index contributed by atoms with van der Waals surface area (Å²) in [4.78, 5) is 13.5. The second-order valence-corrected chi connectivity index (χ2v) is 9.16. The van der Waals surface area contributed by atoms with E-state index in [2.05, 4.69) is 51.1 Å². The molecule has 2 aromatic carbocycles. The number of nitriles is 1. The molecule has 34 heavy (non-hydrogen) atoms. The van der Waals surface area contributed by atoms with Crippen LogP contribution in [0.2, 0.25) is 5.02 Å². The van der Waals surface area contributed by atoms with Crippen LogP contribution in [0, 0.1) is 17.1 Å². The molecule has 1 fully saturated rings. The van der Waals surface area contributed by atoms with Gasteiger partial charge in [0.2, 0.25) is 0 Å². The molecule has 7 nitrogen and oxygen atoms in total. The molecule has 0 spiro atoms. The first-order chi connectivity index (χ1) is 16.3. The molecule has 1 aliphatic heterocycles. The highest BCUT2D eigenvalue weighted by molar-refractivity contribution is 6.31. The molecule has 1 aromatic heterocycles. The zero-order chi connectivity index (χ0) is 24.3. The number of anilines is 2. The first-order valence-corrected chi connectivity index (χ1v) is 11.7. The topological polar surface area (TPSA) is 77.3 Å². The minimum atomic E-state index is -0.472. The standard InChI is InChI=1S/C25H28ClFN6O/c1-4-34-23-15-22-18(24(30-16-29-22)31-17-5-6-21(27)20(26)13-17)14-19(23)25(2,3)33-11-9-32(8-7-28)10-12-33/h5-6,13-16H,4,8-12H2,1-3H3,(H,29,30,31). The van der Waals surface area contributed by atoms with Crippen molar-refractivity contribution in [1.82, 2.24) is 19.8 Å². The number of rotatable bonds is 7. The van der Waals surface area contributed by atoms with Gasteiger partial charge < -0.3 is 10.1 Å². The minimum Gasteiger partial charge on any atom is -0.493 e. The summed E-state index contributed by atoms with van der Waals surface area (Å²) in [6, 6.07) is 10.7. The van der Waals surface area contributed by atoms with Gasteiger partial charge >= 0.3 is 0 Å². The largest absolute Gasteiger partial charge is 0.493 e. The molecule has 3 aromatic rings. The Morgan fingerprint density at radius 3 is 2.62 bits per heavy atom. The van der Waals surface area contributed by atoms with Gasteiger partial charge in [-0.2, -0.15) is 5.26 Å². The Labute approximate surface area is 204 Å². The molecule has 4 rings (SSSR count). The van der Waals surface area contributed by atoms with Gasteiger partial charge in [0, 0.05) is 54.4 Å². The smallest absolute Gasteiger partial charge is 0.141 e. The minimum absolute atomic E-state index is 0.0411. The van der Waals surface area contributed by atoms with Crippen LogP contribution >= 0.6 is 11.6 Å². The number of hydrogen-bond acceptors (Lipinski definition) is 7. The summed E-state index contributed by atoms with van der Waals surface area (Å²) in [6.07, 6.45) is 1.49. The second-order valence-electron chi connectivity index (χ2n) is 8.76. The number of fused-ring (bicyclic) bond motifs is 1. The number of halogens is 2. The third kappa shape index (κ3) is 4.92. The van der Waals surface area contributed by atoms with Crippen LogP contribution in [0.5, 0.6) is 5.75 Å². The Morgan fingerprint density at radius 2 is 1.94 bits per heavy atom. The summed E-state index contributed by atoms with van der Waals surface area (Å²) in [7, 11) is 0. The summed E-state index contributed by atoms with van der Waals surface area (Å²) in [6.45, 7) is 10.7. The highest BCUT2D eigenvalue weighted by Gasteiger charge is 2.34. The maximum absolute atomic E-state index is 13.6. The van der Waals surface area contributed by atoms with Crippen LogP contribution in [0.25, 0.3) is 10.9 Å². The van der Waals surface area contributed by atoms with E-state index in [0.29, 0.717) is 24.7 Å². The van der Waals surface area contributed by atoms with Crippen LogP contribution < -0.4 is 10.1 Å². The maximum atomic E-state index is 13.6. The van der Waals surface area contributed by atoms with Gasteiger partial charge in [-0.05, 0) is 45.0 Å². The molecule has 0 amide bonds. The van der Waals surface area contributed by atoms with E-state index in [4.69, 9.17) is 21.6 Å². The summed E-state index contributed by atoms with van der Waals surface area (Å²) >= 11 is 5.96. The van der Waals surface area contributed by atoms with Crippen molar-refractivity contribution in [3.63, 3.8) is 0 Å². The molecule has 0 aliphatic carbocycles. The molecule has 2 heterocycles. The Kier molecular flexibility index (Phi) is 7.17. The number of piperazine rings is 1. The summed E-state index contributed by atoms with van der Waals surface area (Å²) < 4.78 is 19.7. The van der Waals surface area contributed by atoms with E-state index >= 15 is 0 Å². The normalized spacial score (nSPS) is 15.3. The second kappa shape index (κ2) is 10.1. The number of nitrogens with one attached hydrogen (secondary N) is 1.